The van der Waals surface area contributed by atoms with Gasteiger partial charge in [0.15, 0.2) is 0 Å². The lowest BCUT2D eigenvalue weighted by molar-refractivity contribution is -0.149. The van der Waals surface area contributed by atoms with E-state index in [1.165, 1.54) is 6.42 Å². The molecule has 1 aliphatic rings. The summed E-state index contributed by atoms with van der Waals surface area (Å²) in [5, 5.41) is 12.5. The summed E-state index contributed by atoms with van der Waals surface area (Å²) in [6, 6.07) is 0.120. The fourth-order valence-corrected chi connectivity index (χ4v) is 2.74. The maximum atomic E-state index is 11.4. The Morgan fingerprint density at radius 1 is 1.37 bits per heavy atom. The van der Waals surface area contributed by atoms with E-state index >= 15 is 0 Å². The van der Waals surface area contributed by atoms with Crippen LogP contribution in [-0.4, -0.2) is 35.4 Å². The fourth-order valence-electron chi connectivity index (χ4n) is 2.74. The van der Waals surface area contributed by atoms with Crippen molar-refractivity contribution in [2.24, 2.45) is 11.8 Å². The van der Waals surface area contributed by atoms with Gasteiger partial charge in [-0.15, -0.1) is 0 Å². The molecule has 1 fully saturated rings. The molecule has 0 aromatic heterocycles. The van der Waals surface area contributed by atoms with Crippen LogP contribution in [0.3, 0.4) is 0 Å². The Morgan fingerprint density at radius 3 is 2.47 bits per heavy atom. The molecule has 0 bridgehead atoms. The molecule has 0 spiro atoms. The standard InChI is InChI=1S/C15H29NO3/c1-10(2)16-15(5,14(17)18)9-19-13-7-6-11(3)12(4)8-13/h10-13,16H,6-9H2,1-5H3,(H,17,18). The van der Waals surface area contributed by atoms with E-state index in [1.807, 2.05) is 13.8 Å². The average Bonchev–Trinajstić information content (AvgIpc) is 2.29. The van der Waals surface area contributed by atoms with Gasteiger partial charge in [0, 0.05) is 6.04 Å². The smallest absolute Gasteiger partial charge is 0.326 e. The van der Waals surface area contributed by atoms with Crippen molar-refractivity contribution in [1.82, 2.24) is 5.32 Å². The first-order chi connectivity index (χ1) is 8.74. The number of carboxylic acid groups (broad SMARTS) is 1. The van der Waals surface area contributed by atoms with Gasteiger partial charge in [0.25, 0.3) is 0 Å². The van der Waals surface area contributed by atoms with Crippen molar-refractivity contribution in [3.63, 3.8) is 0 Å². The highest BCUT2D eigenvalue weighted by Gasteiger charge is 2.35. The minimum Gasteiger partial charge on any atom is -0.480 e. The maximum absolute atomic E-state index is 11.4. The minimum absolute atomic E-state index is 0.120. The number of hydrogen-bond donors (Lipinski definition) is 2. The second-order valence-corrected chi connectivity index (χ2v) is 6.64. The zero-order chi connectivity index (χ0) is 14.6. The normalized spacial score (nSPS) is 31.2. The van der Waals surface area contributed by atoms with Gasteiger partial charge >= 0.3 is 5.97 Å². The van der Waals surface area contributed by atoms with Crippen LogP contribution in [0.4, 0.5) is 0 Å². The fraction of sp³-hybridized carbons (Fsp3) is 0.933. The molecule has 0 aliphatic heterocycles. The van der Waals surface area contributed by atoms with E-state index in [-0.39, 0.29) is 18.8 Å². The van der Waals surface area contributed by atoms with Crippen LogP contribution >= 0.6 is 0 Å². The van der Waals surface area contributed by atoms with Gasteiger partial charge in [0.2, 0.25) is 0 Å². The van der Waals surface area contributed by atoms with Crippen molar-refractivity contribution in [1.29, 1.82) is 0 Å². The molecule has 0 aromatic rings. The number of rotatable bonds is 6. The summed E-state index contributed by atoms with van der Waals surface area (Å²) < 4.78 is 5.89. The summed E-state index contributed by atoms with van der Waals surface area (Å²) in [6.07, 6.45) is 3.47. The van der Waals surface area contributed by atoms with Gasteiger partial charge in [-0.1, -0.05) is 13.8 Å². The van der Waals surface area contributed by atoms with Crippen LogP contribution < -0.4 is 5.32 Å². The zero-order valence-electron chi connectivity index (χ0n) is 12.9. The van der Waals surface area contributed by atoms with Crippen molar-refractivity contribution >= 4 is 5.97 Å². The second-order valence-electron chi connectivity index (χ2n) is 6.64. The molecule has 1 rings (SSSR count). The number of nitrogens with one attached hydrogen (secondary N) is 1. The number of carbonyl (C=O) groups is 1. The Morgan fingerprint density at radius 2 is 2.00 bits per heavy atom. The first-order valence-corrected chi connectivity index (χ1v) is 7.37. The van der Waals surface area contributed by atoms with Crippen molar-refractivity contribution in [2.45, 2.75) is 71.6 Å². The van der Waals surface area contributed by atoms with Crippen LogP contribution in [0.25, 0.3) is 0 Å². The molecule has 4 unspecified atom stereocenters. The largest absolute Gasteiger partial charge is 0.480 e. The van der Waals surface area contributed by atoms with Gasteiger partial charge < -0.3 is 9.84 Å². The molecular weight excluding hydrogens is 242 g/mol. The molecule has 0 saturated heterocycles. The Hall–Kier alpha value is -0.610. The maximum Gasteiger partial charge on any atom is 0.326 e. The van der Waals surface area contributed by atoms with Gasteiger partial charge in [-0.2, -0.15) is 0 Å². The quantitative estimate of drug-likeness (QED) is 0.780. The number of hydrogen-bond acceptors (Lipinski definition) is 3. The molecule has 0 heterocycles. The average molecular weight is 271 g/mol. The molecule has 19 heavy (non-hydrogen) atoms. The van der Waals surface area contributed by atoms with Crippen LogP contribution in [0.15, 0.2) is 0 Å². The van der Waals surface area contributed by atoms with Crippen molar-refractivity contribution in [3.05, 3.63) is 0 Å². The third kappa shape index (κ3) is 4.77. The summed E-state index contributed by atoms with van der Waals surface area (Å²) in [7, 11) is 0. The lowest BCUT2D eigenvalue weighted by Crippen LogP contribution is -2.56. The lowest BCUT2D eigenvalue weighted by atomic mass is 9.80. The summed E-state index contributed by atoms with van der Waals surface area (Å²) in [4.78, 5) is 11.4. The van der Waals surface area contributed by atoms with Crippen LogP contribution in [0.5, 0.6) is 0 Å². The van der Waals surface area contributed by atoms with E-state index in [0.717, 1.165) is 18.8 Å². The summed E-state index contributed by atoms with van der Waals surface area (Å²) in [5.74, 6) is 0.561. The minimum atomic E-state index is -1.000. The number of carboxylic acids is 1. The van der Waals surface area contributed by atoms with Gasteiger partial charge in [-0.05, 0) is 51.9 Å². The molecule has 0 amide bonds. The second kappa shape index (κ2) is 6.71. The first kappa shape index (κ1) is 16.4. The van der Waals surface area contributed by atoms with Crippen LogP contribution in [0, 0.1) is 11.8 Å². The first-order valence-electron chi connectivity index (χ1n) is 7.37. The van der Waals surface area contributed by atoms with Crippen molar-refractivity contribution in [2.75, 3.05) is 6.61 Å². The third-order valence-electron chi connectivity index (χ3n) is 4.24. The lowest BCUT2D eigenvalue weighted by Gasteiger charge is -2.35. The van der Waals surface area contributed by atoms with E-state index in [4.69, 9.17) is 4.74 Å². The number of ether oxygens (including phenoxy) is 1. The highest BCUT2D eigenvalue weighted by Crippen LogP contribution is 2.31. The molecule has 4 atom stereocenters. The summed E-state index contributed by atoms with van der Waals surface area (Å²) in [5.41, 5.74) is -1.000. The van der Waals surface area contributed by atoms with Gasteiger partial charge in [-0.25, -0.2) is 0 Å². The zero-order valence-corrected chi connectivity index (χ0v) is 12.9. The van der Waals surface area contributed by atoms with E-state index in [0.29, 0.717) is 5.92 Å². The molecular formula is C15H29NO3. The van der Waals surface area contributed by atoms with Gasteiger partial charge in [0.05, 0.1) is 12.7 Å². The summed E-state index contributed by atoms with van der Waals surface area (Å²) >= 11 is 0. The Bertz CT molecular complexity index is 306. The Labute approximate surface area is 116 Å². The molecule has 4 heteroatoms. The highest BCUT2D eigenvalue weighted by molar-refractivity contribution is 5.78. The van der Waals surface area contributed by atoms with Gasteiger partial charge in [-0.3, -0.25) is 10.1 Å². The predicted molar refractivity (Wildman–Crippen MR) is 76.2 cm³/mol. The predicted octanol–water partition coefficient (Wildman–Crippen LogP) is 2.67. The van der Waals surface area contributed by atoms with Crippen LogP contribution in [0.2, 0.25) is 0 Å². The molecule has 2 N–H and O–H groups in total. The van der Waals surface area contributed by atoms with E-state index in [9.17, 15) is 9.90 Å². The molecule has 0 radical (unpaired) electrons. The Balaban J connectivity index is 2.50. The molecule has 0 aromatic carbocycles. The highest BCUT2D eigenvalue weighted by atomic mass is 16.5. The van der Waals surface area contributed by atoms with Crippen LogP contribution in [0.1, 0.15) is 53.9 Å². The van der Waals surface area contributed by atoms with Crippen LogP contribution in [-0.2, 0) is 9.53 Å². The summed E-state index contributed by atoms with van der Waals surface area (Å²) in [6.45, 7) is 10.4. The Kier molecular flexibility index (Phi) is 5.81. The monoisotopic (exact) mass is 271 g/mol. The third-order valence-corrected chi connectivity index (χ3v) is 4.24. The molecule has 4 nitrogen and oxygen atoms in total. The topological polar surface area (TPSA) is 58.6 Å². The van der Waals surface area contributed by atoms with E-state index in [2.05, 4.69) is 19.2 Å². The van der Waals surface area contributed by atoms with Crippen molar-refractivity contribution < 1.29 is 14.6 Å². The molecule has 1 saturated carbocycles. The van der Waals surface area contributed by atoms with Gasteiger partial charge in [0.1, 0.15) is 5.54 Å². The molecule has 112 valence electrons. The SMILES string of the molecule is CC(C)NC(C)(COC1CCC(C)C(C)C1)C(=O)O. The van der Waals surface area contributed by atoms with E-state index < -0.39 is 11.5 Å². The van der Waals surface area contributed by atoms with E-state index in [1.54, 1.807) is 6.92 Å². The molecule has 1 aliphatic carbocycles. The van der Waals surface area contributed by atoms with Crippen molar-refractivity contribution in [3.8, 4) is 0 Å². The number of aliphatic carboxylic acids is 1.